The first-order valence-corrected chi connectivity index (χ1v) is 15.5. The largest absolute Gasteiger partial charge is 0.444 e. The molecule has 5 rings (SSSR count). The van der Waals surface area contributed by atoms with Crippen LogP contribution < -0.4 is 20.4 Å². The van der Waals surface area contributed by atoms with Crippen molar-refractivity contribution < 1.29 is 28.7 Å². The molecular weight excluding hydrogens is 572 g/mol. The molecule has 3 heterocycles. The average Bonchev–Trinajstić information content (AvgIpc) is 3.43. The normalized spacial score (nSPS) is 23.8. The van der Waals surface area contributed by atoms with Crippen LogP contribution in [0.2, 0.25) is 0 Å². The van der Waals surface area contributed by atoms with Gasteiger partial charge >= 0.3 is 12.2 Å². The third kappa shape index (κ3) is 5.34. The Morgan fingerprint density at radius 3 is 2.29 bits per heavy atom. The molecule has 3 atom stereocenters. The van der Waals surface area contributed by atoms with Crippen molar-refractivity contribution in [2.24, 2.45) is 0 Å². The first-order chi connectivity index (χ1) is 21.0. The number of nitrogens with zero attached hydrogens (tertiary/aromatic N) is 2. The number of rotatable bonds is 5. The highest BCUT2D eigenvalue weighted by atomic mass is 16.6. The van der Waals surface area contributed by atoms with Gasteiger partial charge in [0, 0.05) is 25.8 Å². The number of hydrogen-bond acceptors (Lipinski definition) is 7. The molecule has 45 heavy (non-hydrogen) atoms. The number of para-hydroxylation sites is 1. The predicted octanol–water partition coefficient (Wildman–Crippen LogP) is 5.43. The molecule has 3 aliphatic rings. The highest BCUT2D eigenvalue weighted by Crippen LogP contribution is 2.65. The minimum atomic E-state index is -1.12. The number of ether oxygens (including phenoxy) is 2. The Labute approximate surface area is 265 Å². The van der Waals surface area contributed by atoms with Crippen LogP contribution in [0.5, 0.6) is 0 Å². The second kappa shape index (κ2) is 11.2. The minimum absolute atomic E-state index is 0.117. The number of hydrogen-bond donors (Lipinski definition) is 2. The first-order valence-electron chi connectivity index (χ1n) is 15.5. The number of nitrogens with one attached hydrogen (secondary N) is 2. The van der Waals surface area contributed by atoms with Crippen LogP contribution in [0.3, 0.4) is 0 Å². The third-order valence-electron chi connectivity index (χ3n) is 8.79. The number of ketones is 1. The van der Waals surface area contributed by atoms with Crippen molar-refractivity contribution in [2.45, 2.75) is 89.5 Å². The summed E-state index contributed by atoms with van der Waals surface area (Å²) in [4.78, 5) is 57.6. The van der Waals surface area contributed by atoms with E-state index in [1.807, 2.05) is 75.2 Å². The average molecular weight is 617 g/mol. The standard InChI is InChI=1S/C35H44N4O6/c1-22(40)16-17-23-12-11-15-26-27(23)35(19-21-37-30(42)44-32(2,3)4)29(38(26)8)39(31(43)45-33(5,6)7)25-14-10-9-13-24(25)34(35)18-20-36-28(34)41/h9-17,29H,18-21H2,1-8H3,(H,36,41)(H,37,42)/b17-16+/t29-,34-,35-/m0/s1. The third-order valence-corrected chi connectivity index (χ3v) is 8.79. The minimum Gasteiger partial charge on any atom is -0.444 e. The molecule has 0 radical (unpaired) electrons. The molecule has 240 valence electrons. The Morgan fingerprint density at radius 2 is 1.67 bits per heavy atom. The number of benzene rings is 2. The van der Waals surface area contributed by atoms with E-state index in [9.17, 15) is 19.2 Å². The van der Waals surface area contributed by atoms with Gasteiger partial charge in [-0.2, -0.15) is 0 Å². The maximum Gasteiger partial charge on any atom is 0.416 e. The van der Waals surface area contributed by atoms with Crippen molar-refractivity contribution in [1.82, 2.24) is 10.6 Å². The van der Waals surface area contributed by atoms with E-state index in [-0.39, 0.29) is 24.7 Å². The van der Waals surface area contributed by atoms with Gasteiger partial charge in [-0.25, -0.2) is 9.59 Å². The maximum absolute atomic E-state index is 14.5. The van der Waals surface area contributed by atoms with E-state index in [2.05, 4.69) is 10.6 Å². The molecule has 0 unspecified atom stereocenters. The summed E-state index contributed by atoms with van der Waals surface area (Å²) in [5, 5.41) is 6.03. The summed E-state index contributed by atoms with van der Waals surface area (Å²) in [5.41, 5.74) is 0.0428. The van der Waals surface area contributed by atoms with Crippen LogP contribution in [0.4, 0.5) is 21.0 Å². The van der Waals surface area contributed by atoms with Crippen LogP contribution >= 0.6 is 0 Å². The summed E-state index contributed by atoms with van der Waals surface area (Å²) in [6.45, 7) is 12.9. The SMILES string of the molecule is CC(=O)/C=C/c1cccc2c1[C@@]1(CCNC(=O)OC(C)(C)C)[C@@H](N2C)N(C(=O)OC(C)(C)C)c2ccccc2[C@]12CCNC2=O. The summed E-state index contributed by atoms with van der Waals surface area (Å²) >= 11 is 0. The van der Waals surface area contributed by atoms with E-state index in [1.54, 1.807) is 31.7 Å². The van der Waals surface area contributed by atoms with Gasteiger partial charge in [0.1, 0.15) is 17.4 Å². The van der Waals surface area contributed by atoms with Crippen molar-refractivity contribution in [1.29, 1.82) is 0 Å². The van der Waals surface area contributed by atoms with Gasteiger partial charge in [0.15, 0.2) is 5.78 Å². The zero-order valence-corrected chi connectivity index (χ0v) is 27.4. The molecule has 0 saturated carbocycles. The second-order valence-electron chi connectivity index (χ2n) is 14.1. The van der Waals surface area contributed by atoms with E-state index in [1.165, 1.54) is 13.0 Å². The molecule has 10 heteroatoms. The molecule has 2 N–H and O–H groups in total. The first kappa shape index (κ1) is 32.1. The van der Waals surface area contributed by atoms with E-state index < -0.39 is 40.4 Å². The molecule has 0 aliphatic carbocycles. The second-order valence-corrected chi connectivity index (χ2v) is 14.1. The molecule has 0 aromatic heterocycles. The fourth-order valence-electron chi connectivity index (χ4n) is 7.48. The lowest BCUT2D eigenvalue weighted by Gasteiger charge is -2.57. The van der Waals surface area contributed by atoms with Crippen LogP contribution in [0, 0.1) is 0 Å². The molecule has 3 aliphatic heterocycles. The summed E-state index contributed by atoms with van der Waals surface area (Å²) in [6.07, 6.45) is 2.20. The molecule has 2 aromatic carbocycles. The summed E-state index contributed by atoms with van der Waals surface area (Å²) < 4.78 is 11.6. The van der Waals surface area contributed by atoms with Crippen LogP contribution in [0.15, 0.2) is 48.5 Å². The van der Waals surface area contributed by atoms with Crippen molar-refractivity contribution in [3.63, 3.8) is 0 Å². The van der Waals surface area contributed by atoms with Crippen molar-refractivity contribution >= 4 is 41.3 Å². The molecule has 2 aromatic rings. The molecule has 1 fully saturated rings. The van der Waals surface area contributed by atoms with Gasteiger partial charge in [-0.05, 0) is 96.2 Å². The van der Waals surface area contributed by atoms with Crippen molar-refractivity contribution in [3.8, 4) is 0 Å². The Morgan fingerprint density at radius 1 is 1.00 bits per heavy atom. The van der Waals surface area contributed by atoms with Gasteiger partial charge in [-0.3, -0.25) is 14.5 Å². The van der Waals surface area contributed by atoms with E-state index >= 15 is 0 Å². The van der Waals surface area contributed by atoms with Crippen LogP contribution in [-0.2, 0) is 29.9 Å². The highest BCUT2D eigenvalue weighted by molar-refractivity contribution is 6.03. The summed E-state index contributed by atoms with van der Waals surface area (Å²) in [6, 6.07) is 13.3. The number of amides is 3. The van der Waals surface area contributed by atoms with Gasteiger partial charge in [-0.15, -0.1) is 0 Å². The zero-order valence-electron chi connectivity index (χ0n) is 27.4. The number of anilines is 2. The van der Waals surface area contributed by atoms with E-state index in [0.29, 0.717) is 24.2 Å². The van der Waals surface area contributed by atoms with Crippen LogP contribution in [0.1, 0.15) is 78.0 Å². The van der Waals surface area contributed by atoms with Crippen LogP contribution in [-0.4, -0.2) is 61.4 Å². The monoisotopic (exact) mass is 616 g/mol. The Bertz CT molecular complexity index is 1570. The number of carbonyl (C=O) groups excluding carboxylic acids is 4. The van der Waals surface area contributed by atoms with Gasteiger partial charge in [0.25, 0.3) is 0 Å². The molecule has 1 spiro atoms. The lowest BCUT2D eigenvalue weighted by molar-refractivity contribution is -0.127. The fraction of sp³-hybridized carbons (Fsp3) is 0.486. The highest BCUT2D eigenvalue weighted by Gasteiger charge is 2.72. The van der Waals surface area contributed by atoms with Gasteiger partial charge < -0.3 is 25.0 Å². The Hall–Kier alpha value is -4.34. The number of likely N-dealkylation sites (N-methyl/N-ethyl adjacent to an activating group) is 1. The lowest BCUT2D eigenvalue weighted by Crippen LogP contribution is -2.70. The quantitative estimate of drug-likeness (QED) is 0.430. The molecular formula is C35H44N4O6. The van der Waals surface area contributed by atoms with E-state index in [0.717, 1.165) is 16.8 Å². The molecule has 1 saturated heterocycles. The number of fused-ring (bicyclic) bond motifs is 6. The number of alkyl carbamates (subject to hydrolysis) is 1. The van der Waals surface area contributed by atoms with E-state index in [4.69, 9.17) is 9.47 Å². The predicted molar refractivity (Wildman–Crippen MR) is 173 cm³/mol. The van der Waals surface area contributed by atoms with Crippen LogP contribution in [0.25, 0.3) is 6.08 Å². The van der Waals surface area contributed by atoms with Crippen molar-refractivity contribution in [2.75, 3.05) is 29.9 Å². The van der Waals surface area contributed by atoms with Crippen molar-refractivity contribution in [3.05, 3.63) is 65.2 Å². The topological polar surface area (TPSA) is 117 Å². The maximum atomic E-state index is 14.5. The Balaban J connectivity index is 1.82. The zero-order chi connectivity index (χ0) is 32.9. The number of allylic oxidation sites excluding steroid dienone is 1. The van der Waals surface area contributed by atoms with Gasteiger partial charge in [0.05, 0.1) is 16.5 Å². The molecule has 3 amide bonds. The Kier molecular flexibility index (Phi) is 8.00. The van der Waals surface area contributed by atoms with Gasteiger partial charge in [0.2, 0.25) is 5.91 Å². The summed E-state index contributed by atoms with van der Waals surface area (Å²) in [7, 11) is 1.91. The molecule has 0 bridgehead atoms. The summed E-state index contributed by atoms with van der Waals surface area (Å²) in [5.74, 6) is -0.263. The molecule has 10 nitrogen and oxygen atoms in total. The number of carbonyl (C=O) groups is 4. The smallest absolute Gasteiger partial charge is 0.416 e. The van der Waals surface area contributed by atoms with Gasteiger partial charge in [-0.1, -0.05) is 36.4 Å². The fourth-order valence-corrected chi connectivity index (χ4v) is 7.48. The lowest BCUT2D eigenvalue weighted by atomic mass is 9.51.